The van der Waals surface area contributed by atoms with Gasteiger partial charge in [-0.05, 0) is 59.9 Å². The lowest BCUT2D eigenvalue weighted by atomic mass is 9.87. The third kappa shape index (κ3) is 4.95. The number of aryl methyl sites for hydroxylation is 1. The predicted molar refractivity (Wildman–Crippen MR) is 123 cm³/mol. The number of aliphatic carboxylic acids is 1. The second-order valence-corrected chi connectivity index (χ2v) is 7.94. The molecule has 0 radical (unpaired) electrons. The standard InChI is InChI=1S/C27H24FNO4/c1-18-6-2-3-7-19(18)10-13-25(30)29-15-14-20-8-4-5-9-22(20)27(29)23-16-21(28)11-12-24(23)33-17-26(31)32/h2-13,16,27H,14-15,17H2,1H3,(H,31,32). The molecule has 1 N–H and O–H groups in total. The molecule has 168 valence electrons. The molecule has 1 atom stereocenters. The fourth-order valence-electron chi connectivity index (χ4n) is 4.17. The van der Waals surface area contributed by atoms with E-state index in [0.29, 0.717) is 18.5 Å². The number of benzene rings is 3. The van der Waals surface area contributed by atoms with E-state index in [-0.39, 0.29) is 11.7 Å². The van der Waals surface area contributed by atoms with Crippen LogP contribution in [0.3, 0.4) is 0 Å². The summed E-state index contributed by atoms with van der Waals surface area (Å²) in [6, 6.07) is 18.8. The number of hydrogen-bond acceptors (Lipinski definition) is 3. The molecule has 5 nitrogen and oxygen atoms in total. The fourth-order valence-corrected chi connectivity index (χ4v) is 4.17. The highest BCUT2D eigenvalue weighted by Crippen LogP contribution is 2.40. The molecule has 6 heteroatoms. The number of fused-ring (bicyclic) bond motifs is 1. The van der Waals surface area contributed by atoms with E-state index in [1.165, 1.54) is 24.3 Å². The van der Waals surface area contributed by atoms with Crippen molar-refractivity contribution in [2.45, 2.75) is 19.4 Å². The van der Waals surface area contributed by atoms with E-state index in [2.05, 4.69) is 0 Å². The maximum atomic E-state index is 14.3. The van der Waals surface area contributed by atoms with E-state index in [9.17, 15) is 14.0 Å². The SMILES string of the molecule is Cc1ccccc1C=CC(=O)N1CCc2ccccc2C1c1cc(F)ccc1OCC(=O)O. The molecular formula is C27H24FNO4. The number of halogens is 1. The first-order valence-electron chi connectivity index (χ1n) is 10.7. The van der Waals surface area contributed by atoms with Crippen LogP contribution in [-0.2, 0) is 16.0 Å². The third-order valence-corrected chi connectivity index (χ3v) is 5.78. The Morgan fingerprint density at radius 3 is 2.64 bits per heavy atom. The average molecular weight is 445 g/mol. The van der Waals surface area contributed by atoms with Crippen molar-refractivity contribution in [1.29, 1.82) is 0 Å². The van der Waals surface area contributed by atoms with Crippen LogP contribution in [0.5, 0.6) is 5.75 Å². The summed E-state index contributed by atoms with van der Waals surface area (Å²) in [5.74, 6) is -1.60. The number of nitrogens with zero attached hydrogens (tertiary/aromatic N) is 1. The Labute approximate surface area is 191 Å². The molecule has 1 aliphatic heterocycles. The van der Waals surface area contributed by atoms with E-state index >= 15 is 0 Å². The first-order valence-corrected chi connectivity index (χ1v) is 10.7. The molecule has 1 unspecified atom stereocenters. The smallest absolute Gasteiger partial charge is 0.341 e. The Balaban J connectivity index is 1.76. The van der Waals surface area contributed by atoms with Gasteiger partial charge in [-0.25, -0.2) is 9.18 Å². The van der Waals surface area contributed by atoms with Crippen LogP contribution >= 0.6 is 0 Å². The van der Waals surface area contributed by atoms with Crippen LogP contribution in [0.15, 0.2) is 72.8 Å². The van der Waals surface area contributed by atoms with Crippen LogP contribution < -0.4 is 4.74 Å². The number of hydrogen-bond donors (Lipinski definition) is 1. The van der Waals surface area contributed by atoms with Gasteiger partial charge in [0.05, 0.1) is 6.04 Å². The monoisotopic (exact) mass is 445 g/mol. The Morgan fingerprint density at radius 1 is 1.09 bits per heavy atom. The van der Waals surface area contributed by atoms with Crippen molar-refractivity contribution < 1.29 is 23.8 Å². The van der Waals surface area contributed by atoms with Crippen molar-refractivity contribution >= 4 is 18.0 Å². The maximum Gasteiger partial charge on any atom is 0.341 e. The van der Waals surface area contributed by atoms with Gasteiger partial charge in [0.15, 0.2) is 6.61 Å². The zero-order chi connectivity index (χ0) is 23.4. The molecule has 0 saturated heterocycles. The van der Waals surface area contributed by atoms with Crippen LogP contribution in [-0.4, -0.2) is 35.0 Å². The number of ether oxygens (including phenoxy) is 1. The maximum absolute atomic E-state index is 14.3. The summed E-state index contributed by atoms with van der Waals surface area (Å²) in [6.45, 7) is 1.85. The molecule has 1 heterocycles. The van der Waals surface area contributed by atoms with E-state index in [4.69, 9.17) is 9.84 Å². The Morgan fingerprint density at radius 2 is 1.85 bits per heavy atom. The summed E-state index contributed by atoms with van der Waals surface area (Å²) in [6.07, 6.45) is 3.97. The number of carbonyl (C=O) groups is 2. The summed E-state index contributed by atoms with van der Waals surface area (Å²) >= 11 is 0. The molecule has 0 saturated carbocycles. The van der Waals surface area contributed by atoms with Gasteiger partial charge in [0.25, 0.3) is 0 Å². The van der Waals surface area contributed by atoms with Gasteiger partial charge >= 0.3 is 5.97 Å². The first-order chi connectivity index (χ1) is 15.9. The van der Waals surface area contributed by atoms with Gasteiger partial charge in [-0.1, -0.05) is 48.5 Å². The van der Waals surface area contributed by atoms with Crippen LogP contribution in [0.1, 0.15) is 33.9 Å². The van der Waals surface area contributed by atoms with Crippen LogP contribution in [0, 0.1) is 12.7 Å². The first kappa shape index (κ1) is 22.3. The second-order valence-electron chi connectivity index (χ2n) is 7.94. The lowest BCUT2D eigenvalue weighted by Gasteiger charge is -2.37. The van der Waals surface area contributed by atoms with E-state index in [0.717, 1.165) is 22.3 Å². The normalized spacial score (nSPS) is 15.3. The fraction of sp³-hybridized carbons (Fsp3) is 0.185. The van der Waals surface area contributed by atoms with Gasteiger partial charge in [-0.2, -0.15) is 0 Å². The van der Waals surface area contributed by atoms with Crippen LogP contribution in [0.25, 0.3) is 6.08 Å². The van der Waals surface area contributed by atoms with Crippen LogP contribution in [0.2, 0.25) is 0 Å². The molecule has 3 aromatic carbocycles. The van der Waals surface area contributed by atoms with Gasteiger partial charge in [-0.15, -0.1) is 0 Å². The third-order valence-electron chi connectivity index (χ3n) is 5.78. The highest BCUT2D eigenvalue weighted by atomic mass is 19.1. The lowest BCUT2D eigenvalue weighted by Crippen LogP contribution is -2.40. The van der Waals surface area contributed by atoms with E-state index in [1.807, 2.05) is 55.5 Å². The molecule has 4 rings (SSSR count). The molecule has 33 heavy (non-hydrogen) atoms. The lowest BCUT2D eigenvalue weighted by molar-refractivity contribution is -0.139. The van der Waals surface area contributed by atoms with Gasteiger partial charge in [0, 0.05) is 18.2 Å². The molecule has 0 fully saturated rings. The molecule has 0 aromatic heterocycles. The summed E-state index contributed by atoms with van der Waals surface area (Å²) in [5, 5.41) is 9.06. The summed E-state index contributed by atoms with van der Waals surface area (Å²) in [4.78, 5) is 26.1. The van der Waals surface area contributed by atoms with Crippen molar-refractivity contribution in [2.24, 2.45) is 0 Å². The minimum absolute atomic E-state index is 0.216. The second kappa shape index (κ2) is 9.69. The Kier molecular flexibility index (Phi) is 6.54. The van der Waals surface area contributed by atoms with Crippen molar-refractivity contribution in [3.8, 4) is 5.75 Å². The number of amides is 1. The highest BCUT2D eigenvalue weighted by molar-refractivity contribution is 5.93. The predicted octanol–water partition coefficient (Wildman–Crippen LogP) is 4.79. The van der Waals surface area contributed by atoms with Gasteiger partial charge < -0.3 is 14.7 Å². The molecule has 1 aliphatic rings. The van der Waals surface area contributed by atoms with Crippen LogP contribution in [0.4, 0.5) is 4.39 Å². The minimum Gasteiger partial charge on any atom is -0.482 e. The van der Waals surface area contributed by atoms with Gasteiger partial charge in [0.1, 0.15) is 11.6 Å². The zero-order valence-corrected chi connectivity index (χ0v) is 18.2. The summed E-state index contributed by atoms with van der Waals surface area (Å²) in [7, 11) is 0. The quantitative estimate of drug-likeness (QED) is 0.555. The molecule has 0 bridgehead atoms. The van der Waals surface area contributed by atoms with Crippen molar-refractivity contribution in [3.63, 3.8) is 0 Å². The molecular weight excluding hydrogens is 421 g/mol. The summed E-state index contributed by atoms with van der Waals surface area (Å²) < 4.78 is 19.8. The molecule has 1 amide bonds. The number of carboxylic acid groups (broad SMARTS) is 1. The van der Waals surface area contributed by atoms with Crippen molar-refractivity contribution in [3.05, 3.63) is 106 Å². The Bertz CT molecular complexity index is 1220. The molecule has 0 aliphatic carbocycles. The van der Waals surface area contributed by atoms with Crippen molar-refractivity contribution in [1.82, 2.24) is 4.90 Å². The molecule has 0 spiro atoms. The Hall–Kier alpha value is -3.93. The number of carbonyl (C=O) groups excluding carboxylic acids is 1. The highest BCUT2D eigenvalue weighted by Gasteiger charge is 2.33. The minimum atomic E-state index is -1.14. The van der Waals surface area contributed by atoms with Gasteiger partial charge in [-0.3, -0.25) is 4.79 Å². The summed E-state index contributed by atoms with van der Waals surface area (Å²) in [5.41, 5.74) is 4.34. The van der Waals surface area contributed by atoms with Crippen molar-refractivity contribution in [2.75, 3.05) is 13.2 Å². The van der Waals surface area contributed by atoms with E-state index in [1.54, 1.807) is 11.0 Å². The topological polar surface area (TPSA) is 66.8 Å². The van der Waals surface area contributed by atoms with E-state index < -0.39 is 24.4 Å². The zero-order valence-electron chi connectivity index (χ0n) is 18.2. The average Bonchev–Trinajstić information content (AvgIpc) is 2.81. The van der Waals surface area contributed by atoms with Gasteiger partial charge in [0.2, 0.25) is 5.91 Å². The molecule has 3 aromatic rings. The largest absolute Gasteiger partial charge is 0.482 e. The number of carboxylic acids is 1. The number of rotatable bonds is 6.